The second kappa shape index (κ2) is 7.22. The number of benzene rings is 1. The predicted octanol–water partition coefficient (Wildman–Crippen LogP) is 2.91. The Morgan fingerprint density at radius 1 is 1.17 bits per heavy atom. The van der Waals surface area contributed by atoms with E-state index in [2.05, 4.69) is 15.1 Å². The van der Waals surface area contributed by atoms with E-state index in [4.69, 9.17) is 5.26 Å². The Morgan fingerprint density at radius 3 is 2.63 bits per heavy atom. The van der Waals surface area contributed by atoms with Gasteiger partial charge in [-0.1, -0.05) is 12.1 Å². The molecule has 0 unspecified atom stereocenters. The second-order valence-corrected chi connectivity index (χ2v) is 6.66. The van der Waals surface area contributed by atoms with E-state index >= 15 is 0 Å². The molecule has 0 radical (unpaired) electrons. The lowest BCUT2D eigenvalue weighted by Crippen LogP contribution is -2.29. The number of alkyl halides is 3. The van der Waals surface area contributed by atoms with Gasteiger partial charge < -0.3 is 4.90 Å². The fraction of sp³-hybridized carbons (Fsp3) is 0.211. The average Bonchev–Trinajstić information content (AvgIpc) is 3.32. The van der Waals surface area contributed by atoms with Crippen LogP contribution in [0.1, 0.15) is 22.6 Å². The molecule has 11 heteroatoms. The fourth-order valence-corrected chi connectivity index (χ4v) is 3.28. The summed E-state index contributed by atoms with van der Waals surface area (Å²) in [5, 5.41) is 12.6. The minimum Gasteiger partial charge on any atom is -0.332 e. The van der Waals surface area contributed by atoms with Crippen molar-refractivity contribution in [3.8, 4) is 17.2 Å². The number of nitrogens with zero attached hydrogens (tertiary/aromatic N) is 6. The number of aromatic nitrogens is 4. The van der Waals surface area contributed by atoms with Crippen molar-refractivity contribution in [3.63, 3.8) is 0 Å². The molecule has 3 aromatic rings. The summed E-state index contributed by atoms with van der Waals surface area (Å²) in [6, 6.07) is 7.15. The Kier molecular flexibility index (Phi) is 4.69. The van der Waals surface area contributed by atoms with Crippen LogP contribution < -0.4 is 0 Å². The standard InChI is InChI=1S/C19H12F4N6O/c20-14-4-15(18(25-6-14)19(21,22)23)11-1-2-12-7-28(8-13(12)3-11)17(30)9-29-10-26-16(5-24)27-29/h1-4,6,10H,7-9H2. The molecule has 2 aromatic heterocycles. The van der Waals surface area contributed by atoms with Crippen molar-refractivity contribution in [2.24, 2.45) is 0 Å². The van der Waals surface area contributed by atoms with Crippen molar-refractivity contribution in [2.75, 3.05) is 0 Å². The number of hydrogen-bond donors (Lipinski definition) is 0. The third kappa shape index (κ3) is 3.71. The molecule has 1 aliphatic rings. The van der Waals surface area contributed by atoms with Gasteiger partial charge in [0.05, 0.1) is 6.20 Å². The average molecular weight is 416 g/mol. The van der Waals surface area contributed by atoms with Crippen LogP contribution in [-0.2, 0) is 30.6 Å². The first-order valence-corrected chi connectivity index (χ1v) is 8.67. The number of amides is 1. The van der Waals surface area contributed by atoms with Gasteiger partial charge in [-0.15, -0.1) is 5.10 Å². The molecule has 0 saturated carbocycles. The summed E-state index contributed by atoms with van der Waals surface area (Å²) in [5.41, 5.74) is 0.0733. The highest BCUT2D eigenvalue weighted by molar-refractivity contribution is 5.77. The molecule has 1 aromatic carbocycles. The second-order valence-electron chi connectivity index (χ2n) is 6.66. The molecular formula is C19H12F4N6O. The van der Waals surface area contributed by atoms with Crippen LogP contribution in [-0.4, -0.2) is 30.6 Å². The highest BCUT2D eigenvalue weighted by Gasteiger charge is 2.36. The highest BCUT2D eigenvalue weighted by atomic mass is 19.4. The Hall–Kier alpha value is -3.81. The molecule has 0 aliphatic carbocycles. The molecule has 0 spiro atoms. The first-order valence-electron chi connectivity index (χ1n) is 8.67. The van der Waals surface area contributed by atoms with Gasteiger partial charge in [-0.3, -0.25) is 4.79 Å². The van der Waals surface area contributed by atoms with Crippen molar-refractivity contribution < 1.29 is 22.4 Å². The smallest absolute Gasteiger partial charge is 0.332 e. The van der Waals surface area contributed by atoms with Crippen LogP contribution in [0.2, 0.25) is 0 Å². The van der Waals surface area contributed by atoms with Crippen LogP contribution in [0.25, 0.3) is 11.1 Å². The lowest BCUT2D eigenvalue weighted by molar-refractivity contribution is -0.140. The first-order chi connectivity index (χ1) is 14.2. The van der Waals surface area contributed by atoms with E-state index in [0.717, 1.165) is 11.6 Å². The van der Waals surface area contributed by atoms with Crippen LogP contribution in [0.5, 0.6) is 0 Å². The Morgan fingerprint density at radius 2 is 1.93 bits per heavy atom. The molecule has 3 heterocycles. The van der Waals surface area contributed by atoms with Crippen molar-refractivity contribution in [2.45, 2.75) is 25.8 Å². The van der Waals surface area contributed by atoms with E-state index in [1.165, 1.54) is 28.0 Å². The molecule has 0 bridgehead atoms. The monoisotopic (exact) mass is 416 g/mol. The van der Waals surface area contributed by atoms with Crippen LogP contribution >= 0.6 is 0 Å². The van der Waals surface area contributed by atoms with E-state index < -0.39 is 17.7 Å². The zero-order chi connectivity index (χ0) is 21.5. The van der Waals surface area contributed by atoms with E-state index in [9.17, 15) is 22.4 Å². The van der Waals surface area contributed by atoms with E-state index in [1.54, 1.807) is 12.1 Å². The van der Waals surface area contributed by atoms with Gasteiger partial charge in [0.2, 0.25) is 5.91 Å². The molecule has 1 amide bonds. The molecular weight excluding hydrogens is 404 g/mol. The van der Waals surface area contributed by atoms with Gasteiger partial charge in [0.1, 0.15) is 24.8 Å². The fourth-order valence-electron chi connectivity index (χ4n) is 3.28. The number of carbonyl (C=O) groups is 1. The van der Waals surface area contributed by atoms with Gasteiger partial charge in [-0.25, -0.2) is 19.0 Å². The molecule has 0 fully saturated rings. The molecule has 4 rings (SSSR count). The van der Waals surface area contributed by atoms with Crippen molar-refractivity contribution >= 4 is 5.91 Å². The van der Waals surface area contributed by atoms with Gasteiger partial charge in [-0.2, -0.15) is 18.4 Å². The lowest BCUT2D eigenvalue weighted by atomic mass is 9.99. The van der Waals surface area contributed by atoms with Crippen molar-refractivity contribution in [1.29, 1.82) is 5.26 Å². The van der Waals surface area contributed by atoms with Gasteiger partial charge in [0.25, 0.3) is 5.82 Å². The predicted molar refractivity (Wildman–Crippen MR) is 93.6 cm³/mol. The van der Waals surface area contributed by atoms with E-state index in [1.807, 2.05) is 0 Å². The maximum atomic E-state index is 13.6. The molecule has 0 N–H and O–H groups in total. The summed E-state index contributed by atoms with van der Waals surface area (Å²) in [4.78, 5) is 21.0. The number of fused-ring (bicyclic) bond motifs is 1. The van der Waals surface area contributed by atoms with E-state index in [-0.39, 0.29) is 42.5 Å². The number of rotatable bonds is 3. The van der Waals surface area contributed by atoms with Crippen LogP contribution in [0.4, 0.5) is 17.6 Å². The summed E-state index contributed by atoms with van der Waals surface area (Å²) < 4.78 is 54.6. The third-order valence-corrected chi connectivity index (χ3v) is 4.65. The number of halogens is 4. The number of carbonyl (C=O) groups excluding carboxylic acids is 1. The maximum Gasteiger partial charge on any atom is 0.433 e. The van der Waals surface area contributed by atoms with Crippen LogP contribution in [0.15, 0.2) is 36.8 Å². The quantitative estimate of drug-likeness (QED) is 0.613. The molecule has 0 saturated heterocycles. The van der Waals surface area contributed by atoms with Gasteiger partial charge in [0.15, 0.2) is 5.69 Å². The maximum absolute atomic E-state index is 13.6. The van der Waals surface area contributed by atoms with Crippen molar-refractivity contribution in [1.82, 2.24) is 24.6 Å². The first kappa shape index (κ1) is 19.5. The zero-order valence-corrected chi connectivity index (χ0v) is 15.2. The van der Waals surface area contributed by atoms with Gasteiger partial charge in [-0.05, 0) is 28.8 Å². The Bertz CT molecular complexity index is 1180. The number of hydrogen-bond acceptors (Lipinski definition) is 5. The minimum atomic E-state index is -4.73. The number of pyridine rings is 1. The Balaban J connectivity index is 1.57. The largest absolute Gasteiger partial charge is 0.433 e. The molecule has 7 nitrogen and oxygen atoms in total. The summed E-state index contributed by atoms with van der Waals surface area (Å²) in [7, 11) is 0. The van der Waals surface area contributed by atoms with Crippen molar-refractivity contribution in [3.05, 3.63) is 65.3 Å². The third-order valence-electron chi connectivity index (χ3n) is 4.65. The lowest BCUT2D eigenvalue weighted by Gasteiger charge is -2.15. The Labute approximate surface area is 167 Å². The van der Waals surface area contributed by atoms with Gasteiger partial charge >= 0.3 is 6.18 Å². The normalized spacial score (nSPS) is 13.2. The molecule has 0 atom stereocenters. The minimum absolute atomic E-state index is 0.0543. The highest BCUT2D eigenvalue weighted by Crippen LogP contribution is 2.37. The molecule has 30 heavy (non-hydrogen) atoms. The van der Waals surface area contributed by atoms with Gasteiger partial charge in [0, 0.05) is 18.7 Å². The molecule has 1 aliphatic heterocycles. The number of nitriles is 1. The summed E-state index contributed by atoms with van der Waals surface area (Å²) in [6.45, 7) is 0.343. The summed E-state index contributed by atoms with van der Waals surface area (Å²) >= 11 is 0. The van der Waals surface area contributed by atoms with Crippen LogP contribution in [0.3, 0.4) is 0 Å². The van der Waals surface area contributed by atoms with Crippen LogP contribution in [0, 0.1) is 17.1 Å². The SMILES string of the molecule is N#Cc1ncn(CC(=O)N2Cc3ccc(-c4cc(F)cnc4C(F)(F)F)cc3C2)n1. The molecule has 152 valence electrons. The zero-order valence-electron chi connectivity index (χ0n) is 15.2. The van der Waals surface area contributed by atoms with E-state index in [0.29, 0.717) is 11.8 Å². The summed E-state index contributed by atoms with van der Waals surface area (Å²) in [5.74, 6) is -1.22. The summed E-state index contributed by atoms with van der Waals surface area (Å²) in [6.07, 6.45) is -2.93. The topological polar surface area (TPSA) is 87.7 Å².